The fourth-order valence-corrected chi connectivity index (χ4v) is 4.60. The van der Waals surface area contributed by atoms with Gasteiger partial charge in [-0.15, -0.1) is 0 Å². The molecule has 2 amide bonds. The molecule has 1 saturated heterocycles. The number of benzene rings is 1. The Morgan fingerprint density at radius 2 is 1.62 bits per heavy atom. The first-order chi connectivity index (χ1) is 11.7. The fraction of sp³-hybridized carbons (Fsp3) is 0.579. The van der Waals surface area contributed by atoms with Gasteiger partial charge in [-0.25, -0.2) is 0 Å². The van der Waals surface area contributed by atoms with Gasteiger partial charge in [0.15, 0.2) is 0 Å². The van der Waals surface area contributed by atoms with E-state index in [1.54, 1.807) is 12.1 Å². The summed E-state index contributed by atoms with van der Waals surface area (Å²) in [6.45, 7) is 4.31. The number of piperazine rings is 1. The van der Waals surface area contributed by atoms with Gasteiger partial charge in [-0.05, 0) is 25.0 Å². The summed E-state index contributed by atoms with van der Waals surface area (Å²) in [6.07, 6.45) is 6.34. The molecule has 1 aliphatic carbocycles. The van der Waals surface area contributed by atoms with Gasteiger partial charge in [0.2, 0.25) is 0 Å². The number of nitrogens with zero attached hydrogens (tertiary/aromatic N) is 2. The molecule has 5 heteroatoms. The Kier molecular flexibility index (Phi) is 4.14. The molecular formula is C19H25N3O2. The van der Waals surface area contributed by atoms with Gasteiger partial charge in [0, 0.05) is 38.3 Å². The van der Waals surface area contributed by atoms with E-state index in [0.717, 1.165) is 26.2 Å². The van der Waals surface area contributed by atoms with Gasteiger partial charge in [-0.1, -0.05) is 31.4 Å². The van der Waals surface area contributed by atoms with E-state index in [1.807, 2.05) is 12.1 Å². The minimum absolute atomic E-state index is 0.136. The highest BCUT2D eigenvalue weighted by Crippen LogP contribution is 2.34. The van der Waals surface area contributed by atoms with Crippen LogP contribution < -0.4 is 5.32 Å². The van der Waals surface area contributed by atoms with Crippen LogP contribution in [0.15, 0.2) is 24.3 Å². The van der Waals surface area contributed by atoms with Gasteiger partial charge >= 0.3 is 0 Å². The maximum Gasteiger partial charge on any atom is 0.261 e. The third-order valence-corrected chi connectivity index (χ3v) is 5.94. The molecule has 128 valence electrons. The predicted octanol–water partition coefficient (Wildman–Crippen LogP) is 1.89. The number of nitrogens with one attached hydrogen (secondary N) is 1. The van der Waals surface area contributed by atoms with Crippen LogP contribution in [0.1, 0.15) is 52.8 Å². The summed E-state index contributed by atoms with van der Waals surface area (Å²) in [5.74, 6) is -0.271. The van der Waals surface area contributed by atoms with Crippen molar-refractivity contribution < 1.29 is 9.59 Å². The Labute approximate surface area is 143 Å². The van der Waals surface area contributed by atoms with Crippen molar-refractivity contribution in [1.82, 2.24) is 15.1 Å². The van der Waals surface area contributed by atoms with Crippen LogP contribution in [-0.4, -0.2) is 59.9 Å². The number of carbonyl (C=O) groups is 2. The lowest BCUT2D eigenvalue weighted by Crippen LogP contribution is -2.63. The third-order valence-electron chi connectivity index (χ3n) is 5.94. The molecule has 2 heterocycles. The first kappa shape index (κ1) is 15.8. The summed E-state index contributed by atoms with van der Waals surface area (Å²) in [6, 6.07) is 7.15. The first-order valence-corrected chi connectivity index (χ1v) is 9.12. The van der Waals surface area contributed by atoms with Crippen LogP contribution in [0.3, 0.4) is 0 Å². The quantitative estimate of drug-likeness (QED) is 0.862. The van der Waals surface area contributed by atoms with E-state index in [0.29, 0.717) is 17.7 Å². The molecule has 1 N–H and O–H groups in total. The highest BCUT2D eigenvalue weighted by Gasteiger charge is 2.41. The van der Waals surface area contributed by atoms with Crippen molar-refractivity contribution in [3.8, 4) is 0 Å². The molecule has 0 atom stereocenters. The van der Waals surface area contributed by atoms with Crippen LogP contribution >= 0.6 is 0 Å². The highest BCUT2D eigenvalue weighted by atomic mass is 16.2. The van der Waals surface area contributed by atoms with Crippen molar-refractivity contribution in [2.24, 2.45) is 0 Å². The van der Waals surface area contributed by atoms with Gasteiger partial charge in [-0.2, -0.15) is 0 Å². The van der Waals surface area contributed by atoms with Crippen LogP contribution in [0.4, 0.5) is 0 Å². The monoisotopic (exact) mass is 327 g/mol. The Balaban J connectivity index is 1.47. The lowest BCUT2D eigenvalue weighted by molar-refractivity contribution is 0.0203. The number of amides is 2. The Hall–Kier alpha value is -1.72. The number of hydrogen-bond donors (Lipinski definition) is 1. The number of rotatable bonds is 3. The molecule has 0 radical (unpaired) electrons. The number of imide groups is 1. The number of carbonyl (C=O) groups excluding carboxylic acids is 2. The lowest BCUT2D eigenvalue weighted by atomic mass is 9.79. The van der Waals surface area contributed by atoms with Crippen molar-refractivity contribution in [2.75, 3.05) is 32.7 Å². The number of fused-ring (bicyclic) bond motifs is 1. The van der Waals surface area contributed by atoms with Gasteiger partial charge in [0.05, 0.1) is 11.1 Å². The van der Waals surface area contributed by atoms with Crippen molar-refractivity contribution >= 4 is 11.8 Å². The second kappa shape index (κ2) is 6.30. The van der Waals surface area contributed by atoms with Gasteiger partial charge < -0.3 is 5.32 Å². The largest absolute Gasteiger partial charge is 0.314 e. The van der Waals surface area contributed by atoms with E-state index in [-0.39, 0.29) is 17.4 Å². The molecule has 1 aromatic rings. The smallest absolute Gasteiger partial charge is 0.261 e. The summed E-state index contributed by atoms with van der Waals surface area (Å²) in [7, 11) is 0. The minimum Gasteiger partial charge on any atom is -0.314 e. The molecule has 24 heavy (non-hydrogen) atoms. The Morgan fingerprint density at radius 1 is 0.958 bits per heavy atom. The molecule has 2 fully saturated rings. The van der Waals surface area contributed by atoms with E-state index >= 15 is 0 Å². The molecule has 4 rings (SSSR count). The third kappa shape index (κ3) is 2.56. The second-order valence-corrected chi connectivity index (χ2v) is 7.26. The van der Waals surface area contributed by atoms with Crippen LogP contribution in [0.25, 0.3) is 0 Å². The molecule has 5 nitrogen and oxygen atoms in total. The summed E-state index contributed by atoms with van der Waals surface area (Å²) in [5.41, 5.74) is 1.33. The van der Waals surface area contributed by atoms with E-state index in [4.69, 9.17) is 0 Å². The molecule has 1 aromatic carbocycles. The molecule has 1 spiro atoms. The van der Waals surface area contributed by atoms with Gasteiger partial charge in [0.25, 0.3) is 11.8 Å². The van der Waals surface area contributed by atoms with Crippen molar-refractivity contribution in [3.05, 3.63) is 35.4 Å². The summed E-state index contributed by atoms with van der Waals surface area (Å²) < 4.78 is 0. The topological polar surface area (TPSA) is 52.7 Å². The fourth-order valence-electron chi connectivity index (χ4n) is 4.60. The minimum atomic E-state index is -0.136. The highest BCUT2D eigenvalue weighted by molar-refractivity contribution is 6.21. The van der Waals surface area contributed by atoms with E-state index in [9.17, 15) is 9.59 Å². The summed E-state index contributed by atoms with van der Waals surface area (Å²) in [4.78, 5) is 29.0. The standard InChI is InChI=1S/C19H25N3O2/c23-17-15-6-2-3-7-16(15)18(24)22(17)13-12-21-11-10-20-14-19(21)8-4-1-5-9-19/h2-3,6-7,20H,1,4-5,8-14H2. The molecule has 0 bridgehead atoms. The zero-order valence-electron chi connectivity index (χ0n) is 14.1. The van der Waals surface area contributed by atoms with Gasteiger partial charge in [-0.3, -0.25) is 19.4 Å². The van der Waals surface area contributed by atoms with Crippen LogP contribution in [0, 0.1) is 0 Å². The van der Waals surface area contributed by atoms with Crippen LogP contribution in [0.5, 0.6) is 0 Å². The Morgan fingerprint density at radius 3 is 2.29 bits per heavy atom. The van der Waals surface area contributed by atoms with E-state index in [2.05, 4.69) is 10.2 Å². The number of hydrogen-bond acceptors (Lipinski definition) is 4. The zero-order valence-corrected chi connectivity index (χ0v) is 14.1. The normalized spacial score (nSPS) is 23.8. The average molecular weight is 327 g/mol. The molecule has 0 unspecified atom stereocenters. The summed E-state index contributed by atoms with van der Waals surface area (Å²) in [5, 5.41) is 3.55. The first-order valence-electron chi connectivity index (χ1n) is 9.12. The molecule has 2 aliphatic heterocycles. The van der Waals surface area contributed by atoms with Crippen LogP contribution in [0.2, 0.25) is 0 Å². The maximum absolute atomic E-state index is 12.5. The molecular weight excluding hydrogens is 302 g/mol. The second-order valence-electron chi connectivity index (χ2n) is 7.26. The van der Waals surface area contributed by atoms with E-state index < -0.39 is 0 Å². The lowest BCUT2D eigenvalue weighted by Gasteiger charge is -2.50. The zero-order chi connectivity index (χ0) is 16.6. The average Bonchev–Trinajstić information content (AvgIpc) is 2.87. The van der Waals surface area contributed by atoms with Gasteiger partial charge in [0.1, 0.15) is 0 Å². The van der Waals surface area contributed by atoms with Crippen molar-refractivity contribution in [3.63, 3.8) is 0 Å². The molecule has 3 aliphatic rings. The van der Waals surface area contributed by atoms with Crippen LogP contribution in [-0.2, 0) is 0 Å². The molecule has 1 saturated carbocycles. The van der Waals surface area contributed by atoms with Crippen molar-refractivity contribution in [1.29, 1.82) is 0 Å². The summed E-state index contributed by atoms with van der Waals surface area (Å²) >= 11 is 0. The molecule has 0 aromatic heterocycles. The predicted molar refractivity (Wildman–Crippen MR) is 92.1 cm³/mol. The SMILES string of the molecule is O=C1c2ccccc2C(=O)N1CCN1CCNCC12CCCCC2. The van der Waals surface area contributed by atoms with Crippen molar-refractivity contribution in [2.45, 2.75) is 37.6 Å². The maximum atomic E-state index is 12.5. The Bertz CT molecular complexity index is 609. The van der Waals surface area contributed by atoms with E-state index in [1.165, 1.54) is 37.0 Å².